The van der Waals surface area contributed by atoms with Crippen LogP contribution in [0.3, 0.4) is 0 Å². The Bertz CT molecular complexity index is 1120. The number of aromatic nitrogens is 5. The molecule has 5 aliphatic rings. The highest BCUT2D eigenvalue weighted by Gasteiger charge is 2.58. The lowest BCUT2D eigenvalue weighted by Gasteiger charge is -2.63. The van der Waals surface area contributed by atoms with Crippen LogP contribution in [0.25, 0.3) is 0 Å². The molecular formula is C21H25F3N8OS. The predicted octanol–water partition coefficient (Wildman–Crippen LogP) is 2.60. The Morgan fingerprint density at radius 1 is 1.06 bits per heavy atom. The van der Waals surface area contributed by atoms with Gasteiger partial charge in [-0.15, -0.1) is 10.2 Å². The van der Waals surface area contributed by atoms with Gasteiger partial charge >= 0.3 is 12.2 Å². The van der Waals surface area contributed by atoms with Gasteiger partial charge in [0, 0.05) is 62.6 Å². The summed E-state index contributed by atoms with van der Waals surface area (Å²) in [5, 5.41) is 7.91. The number of urea groups is 1. The Morgan fingerprint density at radius 3 is 2.35 bits per heavy atom. The highest BCUT2D eigenvalue weighted by molar-refractivity contribution is 7.05. The summed E-state index contributed by atoms with van der Waals surface area (Å²) in [6.07, 6.45) is 0.601. The van der Waals surface area contributed by atoms with E-state index in [9.17, 15) is 18.0 Å². The highest BCUT2D eigenvalue weighted by Crippen LogP contribution is 2.54. The zero-order valence-electron chi connectivity index (χ0n) is 18.5. The Kier molecular flexibility index (Phi) is 4.27. The minimum absolute atomic E-state index is 0.0303. The molecule has 2 aromatic rings. The molecule has 2 aromatic heterocycles. The average molecular weight is 495 g/mol. The first-order valence-electron chi connectivity index (χ1n) is 11.8. The number of alkyl halides is 3. The normalized spacial score (nSPS) is 25.7. The first-order valence-corrected chi connectivity index (χ1v) is 12.5. The van der Waals surface area contributed by atoms with Crippen LogP contribution < -0.4 is 0 Å². The fraction of sp³-hybridized carbons (Fsp3) is 0.762. The van der Waals surface area contributed by atoms with E-state index in [0.717, 1.165) is 45.6 Å². The van der Waals surface area contributed by atoms with Crippen LogP contribution in [-0.4, -0.2) is 84.4 Å². The molecule has 0 atom stereocenters. The molecule has 34 heavy (non-hydrogen) atoms. The quantitative estimate of drug-likeness (QED) is 0.650. The summed E-state index contributed by atoms with van der Waals surface area (Å²) in [6, 6.07) is 0.0317. The van der Waals surface area contributed by atoms with Gasteiger partial charge in [-0.25, -0.2) is 14.5 Å². The van der Waals surface area contributed by atoms with Crippen molar-refractivity contribution in [2.75, 3.05) is 39.3 Å². The molecule has 0 unspecified atom stereocenters. The molecule has 2 amide bonds. The molecule has 5 heterocycles. The van der Waals surface area contributed by atoms with E-state index in [1.807, 2.05) is 9.80 Å². The molecule has 0 bridgehead atoms. The van der Waals surface area contributed by atoms with Crippen molar-refractivity contribution in [3.8, 4) is 0 Å². The van der Waals surface area contributed by atoms with Crippen molar-refractivity contribution >= 4 is 17.6 Å². The molecule has 182 valence electrons. The highest BCUT2D eigenvalue weighted by atomic mass is 32.1. The van der Waals surface area contributed by atoms with Crippen molar-refractivity contribution in [2.45, 2.75) is 50.4 Å². The largest absolute Gasteiger partial charge is 0.453 e. The molecule has 13 heteroatoms. The number of halogens is 3. The van der Waals surface area contributed by atoms with Gasteiger partial charge in [-0.05, 0) is 37.2 Å². The van der Waals surface area contributed by atoms with Crippen molar-refractivity contribution in [3.63, 3.8) is 0 Å². The van der Waals surface area contributed by atoms with Crippen LogP contribution in [0.5, 0.6) is 0 Å². The minimum Gasteiger partial charge on any atom is -0.323 e. The maximum atomic E-state index is 12.9. The Morgan fingerprint density at radius 2 is 1.74 bits per heavy atom. The van der Waals surface area contributed by atoms with Gasteiger partial charge in [0.1, 0.15) is 6.33 Å². The van der Waals surface area contributed by atoms with E-state index < -0.39 is 12.0 Å². The van der Waals surface area contributed by atoms with Crippen LogP contribution in [0.2, 0.25) is 0 Å². The number of hydrogen-bond acceptors (Lipinski definition) is 7. The smallest absolute Gasteiger partial charge is 0.323 e. The minimum atomic E-state index is -4.52. The molecular weight excluding hydrogens is 469 g/mol. The number of nitrogens with zero attached hydrogens (tertiary/aromatic N) is 8. The fourth-order valence-corrected chi connectivity index (χ4v) is 7.14. The van der Waals surface area contributed by atoms with Gasteiger partial charge in [0.15, 0.2) is 0 Å². The summed E-state index contributed by atoms with van der Waals surface area (Å²) >= 11 is 1.52. The summed E-state index contributed by atoms with van der Waals surface area (Å²) in [4.78, 5) is 23.8. The lowest BCUT2D eigenvalue weighted by atomic mass is 9.60. The van der Waals surface area contributed by atoms with Crippen LogP contribution in [0.4, 0.5) is 18.0 Å². The van der Waals surface area contributed by atoms with Gasteiger partial charge in [0.05, 0.1) is 16.6 Å². The number of hydrogen-bond donors (Lipinski definition) is 0. The van der Waals surface area contributed by atoms with E-state index >= 15 is 0 Å². The topological polar surface area (TPSA) is 83.3 Å². The van der Waals surface area contributed by atoms with Crippen molar-refractivity contribution < 1.29 is 18.0 Å². The molecule has 0 N–H and O–H groups in total. The van der Waals surface area contributed by atoms with E-state index in [2.05, 4.69) is 24.6 Å². The predicted molar refractivity (Wildman–Crippen MR) is 114 cm³/mol. The monoisotopic (exact) mass is 494 g/mol. The second kappa shape index (κ2) is 6.90. The van der Waals surface area contributed by atoms with E-state index in [1.165, 1.54) is 46.0 Å². The molecule has 3 aliphatic heterocycles. The van der Waals surface area contributed by atoms with Crippen molar-refractivity contribution in [3.05, 3.63) is 22.7 Å². The van der Waals surface area contributed by atoms with Crippen molar-refractivity contribution in [1.29, 1.82) is 0 Å². The van der Waals surface area contributed by atoms with E-state index in [-0.39, 0.29) is 22.9 Å². The number of carbonyl (C=O) groups excluding carboxylic acids is 1. The van der Waals surface area contributed by atoms with Crippen molar-refractivity contribution in [2.24, 2.45) is 10.8 Å². The van der Waals surface area contributed by atoms with Crippen LogP contribution in [-0.2, 0) is 12.7 Å². The molecule has 5 fully saturated rings. The number of carbonyl (C=O) groups is 1. The maximum absolute atomic E-state index is 12.9. The second-order valence-corrected chi connectivity index (χ2v) is 11.9. The van der Waals surface area contributed by atoms with Gasteiger partial charge < -0.3 is 9.80 Å². The summed E-state index contributed by atoms with van der Waals surface area (Å²) in [6.45, 7) is 5.94. The Balaban J connectivity index is 0.855. The fourth-order valence-electron chi connectivity index (χ4n) is 6.37. The van der Waals surface area contributed by atoms with Crippen LogP contribution in [0.1, 0.15) is 54.0 Å². The standard InChI is InChI=1S/C21H25F3N8OS/c22-21(23,24)17-25-12-32(27-17)14-3-19(4-14)8-30(9-19)18(33)31-10-20(11-31)6-29(7-20)5-15-16(13-1-2-13)26-28-34-15/h12-14H,1-11H2. The van der Waals surface area contributed by atoms with E-state index in [1.54, 1.807) is 0 Å². The molecule has 0 radical (unpaired) electrons. The van der Waals surface area contributed by atoms with Gasteiger partial charge in [-0.1, -0.05) is 4.49 Å². The van der Waals surface area contributed by atoms with Gasteiger partial charge in [-0.2, -0.15) is 13.2 Å². The lowest BCUT2D eigenvalue weighted by Crippen LogP contribution is -2.75. The molecule has 2 saturated carbocycles. The maximum Gasteiger partial charge on any atom is 0.453 e. The number of likely N-dealkylation sites (tertiary alicyclic amines) is 3. The molecule has 0 aromatic carbocycles. The Labute approximate surface area is 198 Å². The van der Waals surface area contributed by atoms with Crippen LogP contribution >= 0.6 is 11.5 Å². The van der Waals surface area contributed by atoms with E-state index in [4.69, 9.17) is 0 Å². The second-order valence-electron chi connectivity index (χ2n) is 11.1. The SMILES string of the molecule is O=C(N1CC2(CC(n3cnc(C(F)(F)F)n3)C2)C1)N1CC2(CN(Cc3snnc3C3CC3)C2)C1. The third-order valence-electron chi connectivity index (χ3n) is 8.15. The molecule has 2 aliphatic carbocycles. The zero-order chi connectivity index (χ0) is 23.3. The third kappa shape index (κ3) is 3.34. The average Bonchev–Trinajstić information content (AvgIpc) is 3.18. The van der Waals surface area contributed by atoms with Gasteiger partial charge in [0.2, 0.25) is 0 Å². The third-order valence-corrected chi connectivity index (χ3v) is 8.88. The lowest BCUT2D eigenvalue weighted by molar-refractivity contribution is -0.145. The summed E-state index contributed by atoms with van der Waals surface area (Å²) in [7, 11) is 0. The summed E-state index contributed by atoms with van der Waals surface area (Å²) < 4.78 is 43.6. The Hall–Kier alpha value is -2.28. The van der Waals surface area contributed by atoms with Gasteiger partial charge in [0.25, 0.3) is 5.82 Å². The first kappa shape index (κ1) is 21.0. The number of rotatable bonds is 4. The van der Waals surface area contributed by atoms with Crippen molar-refractivity contribution in [1.82, 2.24) is 39.1 Å². The molecule has 9 nitrogen and oxygen atoms in total. The molecule has 2 spiro atoms. The van der Waals surface area contributed by atoms with Gasteiger partial charge in [-0.3, -0.25) is 4.90 Å². The first-order chi connectivity index (χ1) is 16.2. The van der Waals surface area contributed by atoms with Crippen LogP contribution in [0, 0.1) is 10.8 Å². The summed E-state index contributed by atoms with van der Waals surface area (Å²) in [5.41, 5.74) is 1.47. The zero-order valence-corrected chi connectivity index (χ0v) is 19.4. The van der Waals surface area contributed by atoms with E-state index in [0.29, 0.717) is 19.0 Å². The molecule has 3 saturated heterocycles. The van der Waals surface area contributed by atoms with Crippen LogP contribution in [0.15, 0.2) is 6.33 Å². The molecule has 7 rings (SSSR count). The summed E-state index contributed by atoms with van der Waals surface area (Å²) in [5.74, 6) is -0.465. The number of amides is 2.